The lowest BCUT2D eigenvalue weighted by molar-refractivity contribution is -0.0837. The maximum absolute atomic E-state index is 13.0. The SMILES string of the molecule is CO[C@@]1(COc2ccc(F)cc2)CCN(CC2(O)CCOCC2)C1. The molecule has 2 saturated heterocycles. The average Bonchev–Trinajstić information content (AvgIpc) is 2.98. The van der Waals surface area contributed by atoms with Crippen LogP contribution in [-0.4, -0.2) is 67.8 Å². The third kappa shape index (κ3) is 4.25. The van der Waals surface area contributed by atoms with Gasteiger partial charge in [0.2, 0.25) is 0 Å². The Labute approximate surface area is 142 Å². The number of β-amino-alcohol motifs (C(OH)–C–C–N with tert-alkyl or cyclic N) is 1. The molecule has 5 nitrogen and oxygen atoms in total. The second-order valence-electron chi connectivity index (χ2n) is 6.93. The molecule has 2 aliphatic heterocycles. The van der Waals surface area contributed by atoms with Gasteiger partial charge in [-0.15, -0.1) is 0 Å². The highest BCUT2D eigenvalue weighted by Gasteiger charge is 2.42. The van der Waals surface area contributed by atoms with E-state index in [0.717, 1.165) is 13.0 Å². The van der Waals surface area contributed by atoms with Crippen LogP contribution in [0.25, 0.3) is 0 Å². The third-order valence-corrected chi connectivity index (χ3v) is 5.09. The molecule has 0 radical (unpaired) electrons. The van der Waals surface area contributed by atoms with Crippen molar-refractivity contribution < 1.29 is 23.7 Å². The molecule has 1 aromatic carbocycles. The number of nitrogens with zero attached hydrogens (tertiary/aromatic N) is 1. The molecule has 0 saturated carbocycles. The first-order valence-corrected chi connectivity index (χ1v) is 8.49. The molecule has 0 spiro atoms. The van der Waals surface area contributed by atoms with Gasteiger partial charge >= 0.3 is 0 Å². The van der Waals surface area contributed by atoms with Gasteiger partial charge in [-0.05, 0) is 30.7 Å². The van der Waals surface area contributed by atoms with E-state index in [1.165, 1.54) is 12.1 Å². The first-order valence-electron chi connectivity index (χ1n) is 8.49. The van der Waals surface area contributed by atoms with Crippen molar-refractivity contribution in [3.05, 3.63) is 30.1 Å². The molecule has 2 aliphatic rings. The zero-order chi connectivity index (χ0) is 17.0. The number of methoxy groups -OCH3 is 1. The standard InChI is InChI=1S/C18H26FNO4/c1-22-18(14-24-16-4-2-15(19)3-5-16)6-9-20(13-18)12-17(21)7-10-23-11-8-17/h2-5,21H,6-14H2,1H3/t18-/m0/s1. The number of rotatable bonds is 6. The highest BCUT2D eigenvalue weighted by Crippen LogP contribution is 2.30. The van der Waals surface area contributed by atoms with E-state index in [0.29, 0.717) is 51.5 Å². The number of ether oxygens (including phenoxy) is 3. The van der Waals surface area contributed by atoms with Gasteiger partial charge in [0.1, 0.15) is 23.8 Å². The zero-order valence-electron chi connectivity index (χ0n) is 14.2. The number of likely N-dealkylation sites (tertiary alicyclic amines) is 1. The van der Waals surface area contributed by atoms with Crippen LogP contribution in [0.15, 0.2) is 24.3 Å². The van der Waals surface area contributed by atoms with Crippen LogP contribution in [0.3, 0.4) is 0 Å². The largest absolute Gasteiger partial charge is 0.491 e. The number of hydrogen-bond donors (Lipinski definition) is 1. The van der Waals surface area contributed by atoms with Crippen LogP contribution in [0.2, 0.25) is 0 Å². The molecule has 2 heterocycles. The summed E-state index contributed by atoms with van der Waals surface area (Å²) in [6, 6.07) is 6.01. The van der Waals surface area contributed by atoms with Crippen molar-refractivity contribution in [1.82, 2.24) is 4.90 Å². The van der Waals surface area contributed by atoms with E-state index in [9.17, 15) is 9.50 Å². The molecular formula is C18H26FNO4. The lowest BCUT2D eigenvalue weighted by Crippen LogP contribution is -2.48. The zero-order valence-corrected chi connectivity index (χ0v) is 14.2. The van der Waals surface area contributed by atoms with E-state index in [-0.39, 0.29) is 5.82 Å². The van der Waals surface area contributed by atoms with E-state index < -0.39 is 11.2 Å². The fraction of sp³-hybridized carbons (Fsp3) is 0.667. The Balaban J connectivity index is 1.55. The van der Waals surface area contributed by atoms with Crippen molar-refractivity contribution >= 4 is 0 Å². The van der Waals surface area contributed by atoms with Gasteiger partial charge in [0, 0.05) is 52.8 Å². The van der Waals surface area contributed by atoms with E-state index in [2.05, 4.69) is 4.90 Å². The van der Waals surface area contributed by atoms with Crippen LogP contribution in [-0.2, 0) is 9.47 Å². The first-order chi connectivity index (χ1) is 11.5. The maximum Gasteiger partial charge on any atom is 0.123 e. The van der Waals surface area contributed by atoms with Gasteiger partial charge in [-0.25, -0.2) is 4.39 Å². The summed E-state index contributed by atoms with van der Waals surface area (Å²) < 4.78 is 29.8. The molecule has 134 valence electrons. The van der Waals surface area contributed by atoms with Crippen LogP contribution in [0.5, 0.6) is 5.75 Å². The lowest BCUT2D eigenvalue weighted by atomic mass is 9.94. The van der Waals surface area contributed by atoms with Crippen molar-refractivity contribution in [2.75, 3.05) is 46.6 Å². The van der Waals surface area contributed by atoms with E-state index >= 15 is 0 Å². The third-order valence-electron chi connectivity index (χ3n) is 5.09. The fourth-order valence-electron chi connectivity index (χ4n) is 3.48. The molecule has 0 bridgehead atoms. The molecule has 0 aromatic heterocycles. The van der Waals surface area contributed by atoms with Crippen molar-refractivity contribution in [1.29, 1.82) is 0 Å². The topological polar surface area (TPSA) is 51.2 Å². The summed E-state index contributed by atoms with van der Waals surface area (Å²) in [5, 5.41) is 10.7. The number of halogens is 1. The normalized spacial score (nSPS) is 27.3. The predicted molar refractivity (Wildman–Crippen MR) is 87.7 cm³/mol. The van der Waals surface area contributed by atoms with Crippen LogP contribution in [0.1, 0.15) is 19.3 Å². The molecule has 1 aromatic rings. The van der Waals surface area contributed by atoms with Gasteiger partial charge in [-0.1, -0.05) is 0 Å². The van der Waals surface area contributed by atoms with Gasteiger partial charge < -0.3 is 19.3 Å². The molecule has 0 unspecified atom stereocenters. The van der Waals surface area contributed by atoms with Crippen LogP contribution >= 0.6 is 0 Å². The lowest BCUT2D eigenvalue weighted by Gasteiger charge is -2.36. The van der Waals surface area contributed by atoms with Crippen LogP contribution in [0.4, 0.5) is 4.39 Å². The second-order valence-corrected chi connectivity index (χ2v) is 6.93. The van der Waals surface area contributed by atoms with E-state index in [4.69, 9.17) is 14.2 Å². The van der Waals surface area contributed by atoms with E-state index in [1.807, 2.05) is 0 Å². The minimum Gasteiger partial charge on any atom is -0.491 e. The van der Waals surface area contributed by atoms with Gasteiger partial charge in [0.05, 0.1) is 5.60 Å². The molecular weight excluding hydrogens is 313 g/mol. The molecule has 3 rings (SSSR count). The summed E-state index contributed by atoms with van der Waals surface area (Å²) in [5.74, 6) is 0.356. The van der Waals surface area contributed by atoms with Crippen molar-refractivity contribution in [3.63, 3.8) is 0 Å². The Morgan fingerprint density at radius 2 is 1.92 bits per heavy atom. The molecule has 1 atom stereocenters. The molecule has 2 fully saturated rings. The maximum atomic E-state index is 13.0. The Morgan fingerprint density at radius 1 is 1.21 bits per heavy atom. The highest BCUT2D eigenvalue weighted by atomic mass is 19.1. The first kappa shape index (κ1) is 17.6. The Morgan fingerprint density at radius 3 is 2.58 bits per heavy atom. The Hall–Kier alpha value is -1.21. The molecule has 0 aliphatic carbocycles. The van der Waals surface area contributed by atoms with Gasteiger partial charge in [0.15, 0.2) is 0 Å². The summed E-state index contributed by atoms with van der Waals surface area (Å²) in [6.45, 7) is 3.86. The fourth-order valence-corrected chi connectivity index (χ4v) is 3.48. The predicted octanol–water partition coefficient (Wildman–Crippen LogP) is 1.84. The highest BCUT2D eigenvalue weighted by molar-refractivity contribution is 5.22. The van der Waals surface area contributed by atoms with Crippen LogP contribution in [0, 0.1) is 5.82 Å². The van der Waals surface area contributed by atoms with Crippen molar-refractivity contribution in [2.24, 2.45) is 0 Å². The van der Waals surface area contributed by atoms with Gasteiger partial charge in [-0.2, -0.15) is 0 Å². The van der Waals surface area contributed by atoms with Gasteiger partial charge in [-0.3, -0.25) is 4.90 Å². The smallest absolute Gasteiger partial charge is 0.123 e. The Kier molecular flexibility index (Phi) is 5.39. The molecule has 0 amide bonds. The van der Waals surface area contributed by atoms with Crippen LogP contribution < -0.4 is 4.74 Å². The minimum absolute atomic E-state index is 0.277. The summed E-state index contributed by atoms with van der Waals surface area (Å²) in [7, 11) is 1.70. The number of benzene rings is 1. The molecule has 24 heavy (non-hydrogen) atoms. The summed E-state index contributed by atoms with van der Waals surface area (Å²) in [4.78, 5) is 2.24. The molecule has 6 heteroatoms. The van der Waals surface area contributed by atoms with Crippen molar-refractivity contribution in [2.45, 2.75) is 30.5 Å². The Bertz CT molecular complexity index is 532. The quantitative estimate of drug-likeness (QED) is 0.857. The van der Waals surface area contributed by atoms with Crippen molar-refractivity contribution in [3.8, 4) is 5.75 Å². The monoisotopic (exact) mass is 339 g/mol. The number of hydrogen-bond acceptors (Lipinski definition) is 5. The number of aliphatic hydroxyl groups is 1. The second kappa shape index (κ2) is 7.35. The summed E-state index contributed by atoms with van der Waals surface area (Å²) in [6.07, 6.45) is 2.20. The minimum atomic E-state index is -0.667. The summed E-state index contributed by atoms with van der Waals surface area (Å²) >= 11 is 0. The molecule has 1 N–H and O–H groups in total. The summed E-state index contributed by atoms with van der Waals surface area (Å²) in [5.41, 5.74) is -1.06. The average molecular weight is 339 g/mol. The van der Waals surface area contributed by atoms with E-state index in [1.54, 1.807) is 19.2 Å². The van der Waals surface area contributed by atoms with Gasteiger partial charge in [0.25, 0.3) is 0 Å².